The van der Waals surface area contributed by atoms with Crippen LogP contribution < -0.4 is 11.5 Å². The van der Waals surface area contributed by atoms with E-state index in [2.05, 4.69) is 0 Å². The Bertz CT molecular complexity index is 227. The van der Waals surface area contributed by atoms with E-state index < -0.39 is 0 Å². The Morgan fingerprint density at radius 1 is 1.10 bits per heavy atom. The summed E-state index contributed by atoms with van der Waals surface area (Å²) in [5.41, 5.74) is 10.6. The van der Waals surface area contributed by atoms with Crippen molar-refractivity contribution in [2.75, 3.05) is 0 Å². The molecule has 0 saturated heterocycles. The van der Waals surface area contributed by atoms with Gasteiger partial charge in [-0.25, -0.2) is 11.5 Å². The minimum atomic E-state index is 0.381. The lowest BCUT2D eigenvalue weighted by Gasteiger charge is -1.76. The van der Waals surface area contributed by atoms with Gasteiger partial charge in [-0.05, 0) is 0 Å². The predicted octanol–water partition coefficient (Wildman–Crippen LogP) is 0.133. The molecule has 0 radical (unpaired) electrons. The standard InChI is InChI=1S/C7H9N2S/c8-7(9)10-6-4-2-1-3-5-6/h1-5H,8-9H2/q+1. The second kappa shape index (κ2) is 3.41. The van der Waals surface area contributed by atoms with Gasteiger partial charge >= 0.3 is 5.11 Å². The first-order chi connectivity index (χ1) is 4.79. The first-order valence-electron chi connectivity index (χ1n) is 2.90. The van der Waals surface area contributed by atoms with Gasteiger partial charge in [0.2, 0.25) is 4.90 Å². The van der Waals surface area contributed by atoms with Crippen molar-refractivity contribution in [1.82, 2.24) is 0 Å². The van der Waals surface area contributed by atoms with E-state index in [9.17, 15) is 0 Å². The molecule has 0 aliphatic rings. The van der Waals surface area contributed by atoms with E-state index in [1.165, 1.54) is 11.4 Å². The zero-order valence-corrected chi connectivity index (χ0v) is 6.27. The van der Waals surface area contributed by atoms with Crippen LogP contribution in [0.4, 0.5) is 0 Å². The lowest BCUT2D eigenvalue weighted by atomic mass is 10.4. The maximum absolute atomic E-state index is 5.28. The summed E-state index contributed by atoms with van der Waals surface area (Å²) >= 11 is 1.37. The van der Waals surface area contributed by atoms with Crippen LogP contribution in [0.25, 0.3) is 0 Å². The van der Waals surface area contributed by atoms with Gasteiger partial charge in [-0.15, -0.1) is 0 Å². The largest absolute Gasteiger partial charge is 0.322 e. The van der Waals surface area contributed by atoms with E-state index in [1.807, 2.05) is 30.3 Å². The number of benzene rings is 1. The molecule has 0 aliphatic heterocycles. The van der Waals surface area contributed by atoms with Crippen molar-refractivity contribution in [1.29, 1.82) is 0 Å². The van der Waals surface area contributed by atoms with Gasteiger partial charge in [-0.1, -0.05) is 18.2 Å². The van der Waals surface area contributed by atoms with Gasteiger partial charge in [0.05, 0.1) is 0 Å². The lowest BCUT2D eigenvalue weighted by molar-refractivity contribution is 1.47. The highest BCUT2D eigenvalue weighted by Crippen LogP contribution is 1.96. The van der Waals surface area contributed by atoms with Crippen molar-refractivity contribution < 1.29 is 0 Å². The molecule has 0 bridgehead atoms. The van der Waals surface area contributed by atoms with Crippen LogP contribution in [0.5, 0.6) is 0 Å². The Kier molecular flexibility index (Phi) is 2.50. The Hall–Kier alpha value is -0.770. The summed E-state index contributed by atoms with van der Waals surface area (Å²) in [5, 5.41) is 0.381. The van der Waals surface area contributed by atoms with Crippen molar-refractivity contribution in [3.05, 3.63) is 30.3 Å². The van der Waals surface area contributed by atoms with E-state index >= 15 is 0 Å². The molecular weight excluding hydrogens is 144 g/mol. The zero-order valence-electron chi connectivity index (χ0n) is 5.45. The van der Waals surface area contributed by atoms with Gasteiger partial charge in [0.25, 0.3) is 11.4 Å². The molecule has 2 nitrogen and oxygen atoms in total. The molecule has 0 heterocycles. The van der Waals surface area contributed by atoms with Gasteiger partial charge in [0.1, 0.15) is 0 Å². The topological polar surface area (TPSA) is 52.0 Å². The molecule has 1 aromatic rings. The van der Waals surface area contributed by atoms with Crippen molar-refractivity contribution in [2.45, 2.75) is 4.90 Å². The van der Waals surface area contributed by atoms with Crippen LogP contribution in [-0.4, -0.2) is 5.11 Å². The number of hydrogen-bond acceptors (Lipinski definition) is 0. The van der Waals surface area contributed by atoms with Crippen molar-refractivity contribution in [2.24, 2.45) is 11.5 Å². The Morgan fingerprint density at radius 3 is 2.20 bits per heavy atom. The smallest absolute Gasteiger partial charge is 0.243 e. The SMILES string of the molecule is NC(N)=[S+]c1ccccc1. The summed E-state index contributed by atoms with van der Waals surface area (Å²) < 4.78 is 0. The van der Waals surface area contributed by atoms with Crippen LogP contribution in [0.15, 0.2) is 35.2 Å². The van der Waals surface area contributed by atoms with Crippen LogP contribution in [0.3, 0.4) is 0 Å². The van der Waals surface area contributed by atoms with Crippen LogP contribution in [-0.2, 0) is 11.4 Å². The summed E-state index contributed by atoms with van der Waals surface area (Å²) in [6.45, 7) is 0. The van der Waals surface area contributed by atoms with Crippen LogP contribution in [0.2, 0.25) is 0 Å². The summed E-state index contributed by atoms with van der Waals surface area (Å²) in [4.78, 5) is 1.07. The molecule has 3 heteroatoms. The van der Waals surface area contributed by atoms with Crippen molar-refractivity contribution >= 4 is 16.5 Å². The third-order valence-electron chi connectivity index (χ3n) is 0.979. The third kappa shape index (κ3) is 2.23. The van der Waals surface area contributed by atoms with Gasteiger partial charge in [-0.3, -0.25) is 0 Å². The fourth-order valence-electron chi connectivity index (χ4n) is 0.625. The number of rotatable bonds is 1. The molecule has 0 atom stereocenters. The second-order valence-corrected chi connectivity index (χ2v) is 2.96. The highest BCUT2D eigenvalue weighted by molar-refractivity contribution is 7.78. The lowest BCUT2D eigenvalue weighted by Crippen LogP contribution is -2.23. The summed E-state index contributed by atoms with van der Waals surface area (Å²) in [6.07, 6.45) is 0. The summed E-state index contributed by atoms with van der Waals surface area (Å²) in [5.74, 6) is 0. The van der Waals surface area contributed by atoms with E-state index in [1.54, 1.807) is 0 Å². The highest BCUT2D eigenvalue weighted by atomic mass is 32.1. The fourth-order valence-corrected chi connectivity index (χ4v) is 1.19. The Morgan fingerprint density at radius 2 is 1.70 bits per heavy atom. The Balaban J connectivity index is 2.87. The average molecular weight is 153 g/mol. The van der Waals surface area contributed by atoms with Crippen molar-refractivity contribution in [3.8, 4) is 0 Å². The minimum Gasteiger partial charge on any atom is -0.243 e. The van der Waals surface area contributed by atoms with Gasteiger partial charge in [-0.2, -0.15) is 0 Å². The third-order valence-corrected chi connectivity index (χ3v) is 1.72. The number of nitrogens with two attached hydrogens (primary N) is 2. The van der Waals surface area contributed by atoms with Crippen LogP contribution in [0, 0.1) is 0 Å². The quantitative estimate of drug-likeness (QED) is 0.445. The van der Waals surface area contributed by atoms with Crippen LogP contribution >= 0.6 is 0 Å². The monoisotopic (exact) mass is 153 g/mol. The molecule has 0 unspecified atom stereocenters. The molecule has 0 amide bonds. The number of hydrogen-bond donors (Lipinski definition) is 2. The molecule has 0 aromatic heterocycles. The second-order valence-electron chi connectivity index (χ2n) is 1.82. The molecule has 0 saturated carbocycles. The first-order valence-corrected chi connectivity index (χ1v) is 3.71. The van der Waals surface area contributed by atoms with Crippen molar-refractivity contribution in [3.63, 3.8) is 0 Å². The maximum atomic E-state index is 5.28. The molecule has 0 spiro atoms. The average Bonchev–Trinajstić information content (AvgIpc) is 1.88. The molecular formula is C7H9N2S+. The van der Waals surface area contributed by atoms with E-state index in [0.717, 1.165) is 4.90 Å². The van der Waals surface area contributed by atoms with E-state index in [4.69, 9.17) is 11.5 Å². The van der Waals surface area contributed by atoms with Crippen LogP contribution in [0.1, 0.15) is 0 Å². The minimum absolute atomic E-state index is 0.381. The highest BCUT2D eigenvalue weighted by Gasteiger charge is 2.01. The molecule has 52 valence electrons. The zero-order chi connectivity index (χ0) is 7.40. The molecule has 4 N–H and O–H groups in total. The maximum Gasteiger partial charge on any atom is 0.322 e. The molecule has 10 heavy (non-hydrogen) atoms. The van der Waals surface area contributed by atoms with E-state index in [0.29, 0.717) is 5.11 Å². The fraction of sp³-hybridized carbons (Fsp3) is 0. The summed E-state index contributed by atoms with van der Waals surface area (Å²) in [6, 6.07) is 9.78. The van der Waals surface area contributed by atoms with Gasteiger partial charge in [0, 0.05) is 12.1 Å². The Labute approximate surface area is 63.8 Å². The normalized spacial score (nSPS) is 9.00. The van der Waals surface area contributed by atoms with Gasteiger partial charge < -0.3 is 0 Å². The predicted molar refractivity (Wildman–Crippen MR) is 45.5 cm³/mol. The van der Waals surface area contributed by atoms with E-state index in [-0.39, 0.29) is 0 Å². The molecule has 1 rings (SSSR count). The molecule has 0 aliphatic carbocycles. The first kappa shape index (κ1) is 7.34. The molecule has 0 fully saturated rings. The molecule has 1 aromatic carbocycles. The summed E-state index contributed by atoms with van der Waals surface area (Å²) in [7, 11) is 0. The van der Waals surface area contributed by atoms with Gasteiger partial charge in [0.15, 0.2) is 0 Å².